The lowest BCUT2D eigenvalue weighted by Crippen LogP contribution is -2.43. The summed E-state index contributed by atoms with van der Waals surface area (Å²) in [6.07, 6.45) is 3.37. The average molecular weight is 367 g/mol. The van der Waals surface area contributed by atoms with Gasteiger partial charge in [-0.25, -0.2) is 0 Å². The van der Waals surface area contributed by atoms with Crippen LogP contribution in [-0.4, -0.2) is 53.9 Å². The van der Waals surface area contributed by atoms with Gasteiger partial charge in [0.1, 0.15) is 5.75 Å². The Balaban J connectivity index is 1.87. The van der Waals surface area contributed by atoms with Gasteiger partial charge >= 0.3 is 0 Å². The number of halogens is 1. The van der Waals surface area contributed by atoms with Crippen molar-refractivity contribution >= 4 is 23.4 Å². The van der Waals surface area contributed by atoms with Crippen LogP contribution in [0.2, 0.25) is 5.02 Å². The molecule has 0 radical (unpaired) electrons. The van der Waals surface area contributed by atoms with Crippen LogP contribution >= 0.6 is 11.6 Å². The van der Waals surface area contributed by atoms with Crippen molar-refractivity contribution in [3.8, 4) is 5.75 Å². The van der Waals surface area contributed by atoms with E-state index in [1.165, 1.54) is 0 Å². The number of nitrogens with zero attached hydrogens (tertiary/aromatic N) is 2. The number of carbonyl (C=O) groups is 2. The predicted molar refractivity (Wildman–Crippen MR) is 98.8 cm³/mol. The lowest BCUT2D eigenvalue weighted by atomic mass is 10.2. The molecule has 0 N–H and O–H groups in total. The van der Waals surface area contributed by atoms with Gasteiger partial charge < -0.3 is 14.5 Å². The molecule has 138 valence electrons. The summed E-state index contributed by atoms with van der Waals surface area (Å²) in [6, 6.07) is 7.00. The van der Waals surface area contributed by atoms with Gasteiger partial charge in [0.05, 0.1) is 0 Å². The fourth-order valence-electron chi connectivity index (χ4n) is 2.91. The second-order valence-corrected chi connectivity index (χ2v) is 6.86. The summed E-state index contributed by atoms with van der Waals surface area (Å²) in [5.74, 6) is 0.644. The van der Waals surface area contributed by atoms with Crippen molar-refractivity contribution in [3.63, 3.8) is 0 Å². The molecule has 1 unspecified atom stereocenters. The second kappa shape index (κ2) is 9.66. The summed E-state index contributed by atoms with van der Waals surface area (Å²) in [5.41, 5.74) is 0. The first-order valence-corrected chi connectivity index (χ1v) is 9.34. The molecule has 1 aromatic carbocycles. The van der Waals surface area contributed by atoms with Gasteiger partial charge in [-0.05, 0) is 50.5 Å². The van der Waals surface area contributed by atoms with Gasteiger partial charge in [-0.1, -0.05) is 18.5 Å². The van der Waals surface area contributed by atoms with E-state index < -0.39 is 0 Å². The largest absolute Gasteiger partial charge is 0.484 e. The third-order valence-corrected chi connectivity index (χ3v) is 4.90. The Morgan fingerprint density at radius 3 is 2.48 bits per heavy atom. The molecular formula is C19H27ClN2O3. The van der Waals surface area contributed by atoms with E-state index in [9.17, 15) is 9.59 Å². The normalized spacial score (nSPS) is 15.1. The number of benzene rings is 1. The van der Waals surface area contributed by atoms with Crippen LogP contribution in [0.4, 0.5) is 0 Å². The highest BCUT2D eigenvalue weighted by atomic mass is 35.5. The molecule has 0 aromatic heterocycles. The molecule has 0 saturated carbocycles. The summed E-state index contributed by atoms with van der Waals surface area (Å²) in [5, 5.41) is 0.625. The number of rotatable bonds is 8. The van der Waals surface area contributed by atoms with Crippen LogP contribution in [-0.2, 0) is 9.59 Å². The molecule has 0 spiro atoms. The van der Waals surface area contributed by atoms with Gasteiger partial charge in [0.25, 0.3) is 5.91 Å². The monoisotopic (exact) mass is 366 g/mol. The molecule has 2 amide bonds. The lowest BCUT2D eigenvalue weighted by Gasteiger charge is -2.29. The number of ether oxygens (including phenoxy) is 1. The van der Waals surface area contributed by atoms with Crippen LogP contribution in [0.1, 0.15) is 39.5 Å². The molecule has 1 heterocycles. The van der Waals surface area contributed by atoms with Gasteiger partial charge in [0, 0.05) is 37.1 Å². The topological polar surface area (TPSA) is 49.9 Å². The van der Waals surface area contributed by atoms with Crippen LogP contribution in [0.3, 0.4) is 0 Å². The van der Waals surface area contributed by atoms with Crippen molar-refractivity contribution < 1.29 is 14.3 Å². The van der Waals surface area contributed by atoms with Gasteiger partial charge in [-0.3, -0.25) is 9.59 Å². The van der Waals surface area contributed by atoms with Crippen LogP contribution < -0.4 is 4.74 Å². The highest BCUT2D eigenvalue weighted by molar-refractivity contribution is 6.30. The number of carbonyl (C=O) groups excluding carboxylic acids is 2. The fourth-order valence-corrected chi connectivity index (χ4v) is 3.04. The van der Waals surface area contributed by atoms with Crippen LogP contribution in [0.5, 0.6) is 5.75 Å². The van der Waals surface area contributed by atoms with Crippen molar-refractivity contribution in [3.05, 3.63) is 29.3 Å². The fraction of sp³-hybridized carbons (Fsp3) is 0.579. The zero-order valence-corrected chi connectivity index (χ0v) is 15.8. The summed E-state index contributed by atoms with van der Waals surface area (Å²) >= 11 is 5.84. The first kappa shape index (κ1) is 19.6. The minimum atomic E-state index is -0.0986. The van der Waals surface area contributed by atoms with Crippen molar-refractivity contribution in [2.24, 2.45) is 0 Å². The van der Waals surface area contributed by atoms with Crippen molar-refractivity contribution in [2.45, 2.75) is 45.6 Å². The first-order valence-electron chi connectivity index (χ1n) is 8.97. The first-order chi connectivity index (χ1) is 12.0. The van der Waals surface area contributed by atoms with Crippen molar-refractivity contribution in [1.82, 2.24) is 9.80 Å². The quantitative estimate of drug-likeness (QED) is 0.708. The van der Waals surface area contributed by atoms with E-state index >= 15 is 0 Å². The SMILES string of the molecule is CCC(C)N(CCC(=O)N1CCCC1)C(=O)COc1ccc(Cl)cc1. The Morgan fingerprint density at radius 1 is 1.24 bits per heavy atom. The number of amides is 2. The van der Waals surface area contributed by atoms with E-state index in [2.05, 4.69) is 0 Å². The molecule has 25 heavy (non-hydrogen) atoms. The van der Waals surface area contributed by atoms with Gasteiger partial charge in [-0.15, -0.1) is 0 Å². The zero-order valence-electron chi connectivity index (χ0n) is 15.0. The zero-order chi connectivity index (χ0) is 18.2. The third kappa shape index (κ3) is 5.92. The number of likely N-dealkylation sites (tertiary alicyclic amines) is 1. The van der Waals surface area contributed by atoms with Gasteiger partial charge in [0.15, 0.2) is 6.61 Å². The van der Waals surface area contributed by atoms with E-state index in [4.69, 9.17) is 16.3 Å². The summed E-state index contributed by atoms with van der Waals surface area (Å²) < 4.78 is 5.56. The minimum Gasteiger partial charge on any atom is -0.484 e. The summed E-state index contributed by atoms with van der Waals surface area (Å²) in [6.45, 7) is 6.12. The minimum absolute atomic E-state index is 0.0378. The maximum absolute atomic E-state index is 12.6. The predicted octanol–water partition coefficient (Wildman–Crippen LogP) is 3.36. The van der Waals surface area contributed by atoms with E-state index in [0.29, 0.717) is 23.7 Å². The van der Waals surface area contributed by atoms with Crippen molar-refractivity contribution in [2.75, 3.05) is 26.2 Å². The molecule has 5 nitrogen and oxygen atoms in total. The van der Waals surface area contributed by atoms with Gasteiger partial charge in [-0.2, -0.15) is 0 Å². The maximum atomic E-state index is 12.6. The highest BCUT2D eigenvalue weighted by Crippen LogP contribution is 2.16. The van der Waals surface area contributed by atoms with E-state index in [1.54, 1.807) is 29.2 Å². The maximum Gasteiger partial charge on any atom is 0.260 e. The molecule has 1 fully saturated rings. The van der Waals surface area contributed by atoms with E-state index in [1.807, 2.05) is 18.7 Å². The molecule has 1 aliphatic heterocycles. The molecule has 1 aromatic rings. The van der Waals surface area contributed by atoms with Gasteiger partial charge in [0.2, 0.25) is 5.91 Å². The standard InChI is InChI=1S/C19H27ClN2O3/c1-3-15(2)22(13-10-18(23)21-11-4-5-12-21)19(24)14-25-17-8-6-16(20)7-9-17/h6-9,15H,3-5,10-14H2,1-2H3. The second-order valence-electron chi connectivity index (χ2n) is 6.42. The number of hydrogen-bond donors (Lipinski definition) is 0. The summed E-state index contributed by atoms with van der Waals surface area (Å²) in [7, 11) is 0. The average Bonchev–Trinajstić information content (AvgIpc) is 3.15. The smallest absolute Gasteiger partial charge is 0.260 e. The van der Waals surface area contributed by atoms with Crippen LogP contribution in [0.15, 0.2) is 24.3 Å². The lowest BCUT2D eigenvalue weighted by molar-refractivity contribution is -0.137. The highest BCUT2D eigenvalue weighted by Gasteiger charge is 2.23. The Bertz CT molecular complexity index is 571. The Kier molecular flexibility index (Phi) is 7.56. The molecule has 6 heteroatoms. The van der Waals surface area contributed by atoms with Crippen molar-refractivity contribution in [1.29, 1.82) is 0 Å². The molecule has 1 saturated heterocycles. The molecule has 1 aliphatic rings. The van der Waals surface area contributed by atoms with Crippen LogP contribution in [0, 0.1) is 0 Å². The Morgan fingerprint density at radius 2 is 1.88 bits per heavy atom. The third-order valence-electron chi connectivity index (χ3n) is 4.64. The molecule has 2 rings (SSSR count). The van der Waals surface area contributed by atoms with Crippen LogP contribution in [0.25, 0.3) is 0 Å². The molecule has 1 atom stereocenters. The number of hydrogen-bond acceptors (Lipinski definition) is 3. The Labute approximate surface area is 154 Å². The molecule has 0 bridgehead atoms. The summed E-state index contributed by atoms with van der Waals surface area (Å²) in [4.78, 5) is 28.5. The Hall–Kier alpha value is -1.75. The van der Waals surface area contributed by atoms with E-state index in [0.717, 1.165) is 32.4 Å². The molecular weight excluding hydrogens is 340 g/mol. The van der Waals surface area contributed by atoms with E-state index in [-0.39, 0.29) is 24.5 Å². The molecule has 0 aliphatic carbocycles.